The first-order chi connectivity index (χ1) is 17.0. The van der Waals surface area contributed by atoms with E-state index in [0.29, 0.717) is 28.3 Å². The van der Waals surface area contributed by atoms with Gasteiger partial charge in [0.25, 0.3) is 5.91 Å². The molecule has 2 heterocycles. The highest BCUT2D eigenvalue weighted by molar-refractivity contribution is 7.99. The molecule has 10 heteroatoms. The Labute approximate surface area is 212 Å². The molecule has 0 spiro atoms. The fraction of sp³-hybridized carbons (Fsp3) is 0.160. The van der Waals surface area contributed by atoms with Crippen LogP contribution in [-0.4, -0.2) is 43.7 Å². The molecule has 0 radical (unpaired) electrons. The number of nitrogens with one attached hydrogen (secondary N) is 1. The van der Waals surface area contributed by atoms with Crippen LogP contribution in [0.15, 0.2) is 83.3 Å². The summed E-state index contributed by atoms with van der Waals surface area (Å²) in [6, 6.07) is 18.6. The van der Waals surface area contributed by atoms with Gasteiger partial charge in [0.15, 0.2) is 11.0 Å². The molecule has 2 aromatic carbocycles. The molecule has 0 bridgehead atoms. The first kappa shape index (κ1) is 24.4. The SMILES string of the molecule is CCOc1ccc(-n2c(SCC(=O)NN=C(C)c3ccc(Cl)cc3)nnc2-c2cccnc2)cc1. The van der Waals surface area contributed by atoms with Crippen molar-refractivity contribution in [2.45, 2.75) is 19.0 Å². The molecule has 4 rings (SSSR count). The average Bonchev–Trinajstić information content (AvgIpc) is 3.31. The summed E-state index contributed by atoms with van der Waals surface area (Å²) in [5, 5.41) is 14.1. The fourth-order valence-corrected chi connectivity index (χ4v) is 4.07. The summed E-state index contributed by atoms with van der Waals surface area (Å²) in [4.78, 5) is 16.7. The second kappa shape index (κ2) is 11.6. The van der Waals surface area contributed by atoms with Crippen LogP contribution >= 0.6 is 23.4 Å². The van der Waals surface area contributed by atoms with Gasteiger partial charge in [0.05, 0.1) is 18.1 Å². The molecule has 1 N–H and O–H groups in total. The van der Waals surface area contributed by atoms with Crippen LogP contribution in [0.25, 0.3) is 17.1 Å². The summed E-state index contributed by atoms with van der Waals surface area (Å²) in [7, 11) is 0. The molecule has 35 heavy (non-hydrogen) atoms. The van der Waals surface area contributed by atoms with Crippen LogP contribution in [0.4, 0.5) is 0 Å². The Balaban J connectivity index is 1.52. The molecule has 0 aliphatic carbocycles. The molecule has 0 fully saturated rings. The summed E-state index contributed by atoms with van der Waals surface area (Å²) < 4.78 is 7.45. The van der Waals surface area contributed by atoms with Crippen LogP contribution < -0.4 is 10.2 Å². The van der Waals surface area contributed by atoms with Crippen LogP contribution in [0.1, 0.15) is 19.4 Å². The molecule has 1 amide bonds. The van der Waals surface area contributed by atoms with E-state index in [1.165, 1.54) is 11.8 Å². The van der Waals surface area contributed by atoms with Gasteiger partial charge in [0.2, 0.25) is 0 Å². The van der Waals surface area contributed by atoms with Gasteiger partial charge in [-0.1, -0.05) is 35.5 Å². The van der Waals surface area contributed by atoms with E-state index in [-0.39, 0.29) is 11.7 Å². The lowest BCUT2D eigenvalue weighted by Gasteiger charge is -2.11. The minimum absolute atomic E-state index is 0.111. The Hall–Kier alpha value is -3.69. The number of hydrogen-bond acceptors (Lipinski definition) is 7. The van der Waals surface area contributed by atoms with Crippen LogP contribution in [0, 0.1) is 0 Å². The highest BCUT2D eigenvalue weighted by Crippen LogP contribution is 2.28. The number of thioether (sulfide) groups is 1. The number of rotatable bonds is 9. The molecule has 8 nitrogen and oxygen atoms in total. The van der Waals surface area contributed by atoms with E-state index in [9.17, 15) is 4.79 Å². The maximum absolute atomic E-state index is 12.5. The summed E-state index contributed by atoms with van der Waals surface area (Å²) >= 11 is 7.20. The predicted octanol–water partition coefficient (Wildman–Crippen LogP) is 5.01. The average molecular weight is 507 g/mol. The number of pyridine rings is 1. The maximum atomic E-state index is 12.5. The summed E-state index contributed by atoms with van der Waals surface area (Å²) in [5.74, 6) is 1.25. The number of hydrazone groups is 1. The van der Waals surface area contributed by atoms with Gasteiger partial charge < -0.3 is 4.74 Å². The van der Waals surface area contributed by atoms with Crippen molar-refractivity contribution < 1.29 is 9.53 Å². The molecule has 2 aromatic heterocycles. The van der Waals surface area contributed by atoms with E-state index in [2.05, 4.69) is 25.7 Å². The second-order valence-corrected chi connectivity index (χ2v) is 8.72. The van der Waals surface area contributed by atoms with Crippen molar-refractivity contribution in [1.29, 1.82) is 0 Å². The lowest BCUT2D eigenvalue weighted by Crippen LogP contribution is -2.21. The Morgan fingerprint density at radius 2 is 1.89 bits per heavy atom. The topological polar surface area (TPSA) is 94.3 Å². The Bertz CT molecular complexity index is 1310. The standard InChI is InChI=1S/C25H23ClN6O2S/c1-3-34-22-12-10-21(11-13-22)32-24(19-5-4-14-27-15-19)30-31-25(32)35-16-23(33)29-28-17(2)18-6-8-20(26)9-7-18/h4-15H,3,16H2,1-2H3,(H,29,33). The Kier molecular flexibility index (Phi) is 8.12. The number of nitrogens with zero attached hydrogens (tertiary/aromatic N) is 5. The van der Waals surface area contributed by atoms with E-state index < -0.39 is 0 Å². The van der Waals surface area contributed by atoms with Crippen LogP contribution in [0.2, 0.25) is 5.02 Å². The summed E-state index contributed by atoms with van der Waals surface area (Å²) in [6.45, 7) is 4.34. The van der Waals surface area contributed by atoms with Crippen molar-refractivity contribution in [1.82, 2.24) is 25.2 Å². The number of carbonyl (C=O) groups is 1. The van der Waals surface area contributed by atoms with E-state index in [0.717, 1.165) is 22.6 Å². The highest BCUT2D eigenvalue weighted by Gasteiger charge is 2.17. The quantitative estimate of drug-likeness (QED) is 0.195. The lowest BCUT2D eigenvalue weighted by atomic mass is 10.1. The Morgan fingerprint density at radius 1 is 1.11 bits per heavy atom. The molecular formula is C25H23ClN6O2S. The first-order valence-electron chi connectivity index (χ1n) is 10.9. The predicted molar refractivity (Wildman–Crippen MR) is 138 cm³/mol. The van der Waals surface area contributed by atoms with E-state index in [4.69, 9.17) is 16.3 Å². The van der Waals surface area contributed by atoms with Gasteiger partial charge in [0, 0.05) is 28.7 Å². The third kappa shape index (κ3) is 6.26. The smallest absolute Gasteiger partial charge is 0.250 e. The molecule has 4 aromatic rings. The molecule has 0 unspecified atom stereocenters. The number of amides is 1. The minimum Gasteiger partial charge on any atom is -0.494 e. The molecule has 0 saturated heterocycles. The second-order valence-electron chi connectivity index (χ2n) is 7.34. The van der Waals surface area contributed by atoms with Gasteiger partial charge in [-0.25, -0.2) is 5.43 Å². The zero-order chi connectivity index (χ0) is 24.6. The lowest BCUT2D eigenvalue weighted by molar-refractivity contribution is -0.118. The normalized spacial score (nSPS) is 11.3. The zero-order valence-electron chi connectivity index (χ0n) is 19.2. The van der Waals surface area contributed by atoms with Crippen molar-refractivity contribution in [3.63, 3.8) is 0 Å². The molecule has 178 valence electrons. The minimum atomic E-state index is -0.257. The van der Waals surface area contributed by atoms with E-state index in [1.54, 1.807) is 24.5 Å². The third-order valence-electron chi connectivity index (χ3n) is 4.90. The van der Waals surface area contributed by atoms with Gasteiger partial charge in [-0.05, 0) is 67.9 Å². The molecule has 0 saturated carbocycles. The number of benzene rings is 2. The maximum Gasteiger partial charge on any atom is 0.250 e. The van der Waals surface area contributed by atoms with Crippen LogP contribution in [0.3, 0.4) is 0 Å². The third-order valence-corrected chi connectivity index (χ3v) is 6.08. The van der Waals surface area contributed by atoms with Gasteiger partial charge >= 0.3 is 0 Å². The number of ether oxygens (including phenoxy) is 1. The number of halogens is 1. The Morgan fingerprint density at radius 3 is 2.57 bits per heavy atom. The largest absolute Gasteiger partial charge is 0.494 e. The monoisotopic (exact) mass is 506 g/mol. The van der Waals surface area contributed by atoms with Crippen molar-refractivity contribution in [2.24, 2.45) is 5.10 Å². The summed E-state index contributed by atoms with van der Waals surface area (Å²) in [6.07, 6.45) is 3.43. The van der Waals surface area contributed by atoms with Gasteiger partial charge in [-0.15, -0.1) is 10.2 Å². The number of hydrogen-bond donors (Lipinski definition) is 1. The van der Waals surface area contributed by atoms with Crippen molar-refractivity contribution in [2.75, 3.05) is 12.4 Å². The molecule has 0 atom stereocenters. The van der Waals surface area contributed by atoms with Gasteiger partial charge in [-0.2, -0.15) is 5.10 Å². The van der Waals surface area contributed by atoms with Crippen molar-refractivity contribution >= 4 is 35.0 Å². The number of carbonyl (C=O) groups excluding carboxylic acids is 1. The van der Waals surface area contributed by atoms with E-state index in [1.807, 2.05) is 66.9 Å². The molecule has 0 aliphatic rings. The molecule has 0 aliphatic heterocycles. The molecular weight excluding hydrogens is 484 g/mol. The fourth-order valence-electron chi connectivity index (χ4n) is 3.20. The van der Waals surface area contributed by atoms with Crippen LogP contribution in [-0.2, 0) is 4.79 Å². The van der Waals surface area contributed by atoms with Crippen molar-refractivity contribution in [3.05, 3.63) is 83.6 Å². The number of aromatic nitrogens is 4. The van der Waals surface area contributed by atoms with E-state index >= 15 is 0 Å². The first-order valence-corrected chi connectivity index (χ1v) is 12.2. The van der Waals surface area contributed by atoms with Crippen molar-refractivity contribution in [3.8, 4) is 22.8 Å². The van der Waals surface area contributed by atoms with Gasteiger partial charge in [0.1, 0.15) is 5.75 Å². The highest BCUT2D eigenvalue weighted by atomic mass is 35.5. The zero-order valence-corrected chi connectivity index (χ0v) is 20.8. The summed E-state index contributed by atoms with van der Waals surface area (Å²) in [5.41, 5.74) is 5.80. The van der Waals surface area contributed by atoms with Crippen LogP contribution in [0.5, 0.6) is 5.75 Å². The van der Waals surface area contributed by atoms with Gasteiger partial charge in [-0.3, -0.25) is 14.3 Å².